The highest BCUT2D eigenvalue weighted by atomic mass is 79.9. The van der Waals surface area contributed by atoms with E-state index in [1.54, 1.807) is 0 Å². The Labute approximate surface area is 123 Å². The Kier molecular flexibility index (Phi) is 16.6. The van der Waals surface area contributed by atoms with Crippen LogP contribution in [0.3, 0.4) is 0 Å². The van der Waals surface area contributed by atoms with E-state index in [2.05, 4.69) is 40.8 Å². The van der Waals surface area contributed by atoms with Gasteiger partial charge in [0.1, 0.15) is 0 Å². The van der Waals surface area contributed by atoms with Crippen molar-refractivity contribution < 1.29 is 0 Å². The van der Waals surface area contributed by atoms with E-state index in [1.807, 2.05) is 6.08 Å². The van der Waals surface area contributed by atoms with Crippen LogP contribution in [0.1, 0.15) is 77.6 Å². The highest BCUT2D eigenvalue weighted by Crippen LogP contribution is 2.09. The van der Waals surface area contributed by atoms with Crippen LogP contribution in [0.2, 0.25) is 0 Å². The predicted octanol–water partition coefficient (Wildman–Crippen LogP) is 6.25. The third kappa shape index (κ3) is 15.8. The molecule has 0 saturated carbocycles. The number of hydrogen-bond acceptors (Lipinski definition) is 0. The lowest BCUT2D eigenvalue weighted by atomic mass is 10.1. The lowest BCUT2D eigenvalue weighted by molar-refractivity contribution is 0.580. The minimum Gasteiger partial charge on any atom is -0.0985 e. The molecule has 0 aliphatic rings. The molecule has 0 heterocycles. The van der Waals surface area contributed by atoms with E-state index in [0.29, 0.717) is 0 Å². The summed E-state index contributed by atoms with van der Waals surface area (Å²) in [4.78, 5) is 0. The van der Waals surface area contributed by atoms with Gasteiger partial charge in [0.2, 0.25) is 0 Å². The number of hydrogen-bond donors (Lipinski definition) is 0. The second-order valence-electron chi connectivity index (χ2n) is 4.78. The zero-order valence-electron chi connectivity index (χ0n) is 12.0. The van der Waals surface area contributed by atoms with Crippen LogP contribution in [-0.4, -0.2) is 5.33 Å². The molecule has 0 amide bonds. The number of halogens is 1. The Balaban J connectivity index is 3.11. The fourth-order valence-electron chi connectivity index (χ4n) is 1.81. The van der Waals surface area contributed by atoms with Gasteiger partial charge < -0.3 is 0 Å². The summed E-state index contributed by atoms with van der Waals surface area (Å²) in [5.74, 6) is 6.33. The minimum atomic E-state index is 1.07. The first kappa shape index (κ1) is 17.8. The molecule has 0 spiro atoms. The molecule has 0 bridgehead atoms. The van der Waals surface area contributed by atoms with Gasteiger partial charge in [-0.15, -0.1) is 0 Å². The zero-order valence-corrected chi connectivity index (χ0v) is 13.6. The van der Waals surface area contributed by atoms with Crippen molar-refractivity contribution in [1.29, 1.82) is 0 Å². The molecule has 0 aliphatic carbocycles. The topological polar surface area (TPSA) is 0 Å². The molecular weight excluding hydrogens is 284 g/mol. The van der Waals surface area contributed by atoms with Gasteiger partial charge in [0.25, 0.3) is 0 Å². The summed E-state index contributed by atoms with van der Waals surface area (Å²) < 4.78 is 0. The first-order valence-corrected chi connectivity index (χ1v) is 8.73. The molecule has 104 valence electrons. The molecule has 0 saturated heterocycles. The van der Waals surface area contributed by atoms with Gasteiger partial charge >= 0.3 is 0 Å². The van der Waals surface area contributed by atoms with E-state index in [4.69, 9.17) is 0 Å². The Morgan fingerprint density at radius 2 is 1.50 bits per heavy atom. The van der Waals surface area contributed by atoms with Crippen molar-refractivity contribution in [2.75, 3.05) is 5.33 Å². The van der Waals surface area contributed by atoms with Gasteiger partial charge in [-0.3, -0.25) is 0 Å². The predicted molar refractivity (Wildman–Crippen MR) is 87.2 cm³/mol. The molecule has 0 unspecified atom stereocenters. The fraction of sp³-hybridized carbons (Fsp3) is 0.765. The van der Waals surface area contributed by atoms with Crippen molar-refractivity contribution in [2.24, 2.45) is 0 Å². The third-order valence-corrected chi connectivity index (χ3v) is 3.50. The molecule has 0 atom stereocenters. The smallest absolute Gasteiger partial charge is 0.00922 e. The van der Waals surface area contributed by atoms with Crippen LogP contribution in [0.25, 0.3) is 0 Å². The molecule has 0 N–H and O–H groups in total. The molecular formula is C17H29Br. The standard InChI is InChI=1S/C17H29Br/c1-2-3-4-5-6-7-8-9-10-11-12-13-14-15-16-17-18/h4-5H,2-3,8-17H2,1H3/b5-4-. The summed E-state index contributed by atoms with van der Waals surface area (Å²) in [6.45, 7) is 2.19. The van der Waals surface area contributed by atoms with Gasteiger partial charge in [0.05, 0.1) is 0 Å². The zero-order chi connectivity index (χ0) is 13.3. The Bertz CT molecular complexity index is 232. The Morgan fingerprint density at radius 3 is 2.11 bits per heavy atom. The quantitative estimate of drug-likeness (QED) is 0.240. The maximum absolute atomic E-state index is 3.47. The van der Waals surface area contributed by atoms with Gasteiger partial charge in [-0.25, -0.2) is 0 Å². The first-order valence-electron chi connectivity index (χ1n) is 7.61. The summed E-state index contributed by atoms with van der Waals surface area (Å²) in [6.07, 6.45) is 18.6. The molecule has 0 aromatic heterocycles. The van der Waals surface area contributed by atoms with Gasteiger partial charge in [0.15, 0.2) is 0 Å². The van der Waals surface area contributed by atoms with E-state index < -0.39 is 0 Å². The summed E-state index contributed by atoms with van der Waals surface area (Å²) in [5.41, 5.74) is 0. The lowest BCUT2D eigenvalue weighted by Gasteiger charge is -1.99. The van der Waals surface area contributed by atoms with Crippen LogP contribution in [0, 0.1) is 11.8 Å². The number of alkyl halides is 1. The average Bonchev–Trinajstić information content (AvgIpc) is 2.39. The molecule has 0 aliphatic heterocycles. The van der Waals surface area contributed by atoms with Crippen LogP contribution >= 0.6 is 15.9 Å². The maximum Gasteiger partial charge on any atom is 0.00922 e. The van der Waals surface area contributed by atoms with Crippen molar-refractivity contribution >= 4 is 15.9 Å². The van der Waals surface area contributed by atoms with Crippen LogP contribution in [0.5, 0.6) is 0 Å². The summed E-state index contributed by atoms with van der Waals surface area (Å²) in [6, 6.07) is 0. The van der Waals surface area contributed by atoms with Crippen LogP contribution in [0.4, 0.5) is 0 Å². The lowest BCUT2D eigenvalue weighted by Crippen LogP contribution is -1.81. The van der Waals surface area contributed by atoms with E-state index in [0.717, 1.165) is 12.8 Å². The van der Waals surface area contributed by atoms with Gasteiger partial charge in [-0.05, 0) is 25.3 Å². The van der Waals surface area contributed by atoms with Gasteiger partial charge in [0, 0.05) is 11.8 Å². The van der Waals surface area contributed by atoms with Crippen molar-refractivity contribution in [3.63, 3.8) is 0 Å². The summed E-state index contributed by atoms with van der Waals surface area (Å²) in [5, 5.41) is 1.17. The summed E-state index contributed by atoms with van der Waals surface area (Å²) >= 11 is 3.47. The van der Waals surface area contributed by atoms with Crippen molar-refractivity contribution in [3.05, 3.63) is 12.2 Å². The largest absolute Gasteiger partial charge is 0.0985 e. The van der Waals surface area contributed by atoms with E-state index in [-0.39, 0.29) is 0 Å². The third-order valence-electron chi connectivity index (χ3n) is 2.94. The number of rotatable bonds is 11. The maximum atomic E-state index is 3.47. The minimum absolute atomic E-state index is 1.07. The van der Waals surface area contributed by atoms with Crippen molar-refractivity contribution in [2.45, 2.75) is 77.6 Å². The molecule has 0 rings (SSSR count). The Morgan fingerprint density at radius 1 is 0.889 bits per heavy atom. The molecule has 1 heteroatoms. The SMILES string of the molecule is CCC/C=C\C#CCCCCCCCCCCBr. The first-order chi connectivity index (χ1) is 8.91. The van der Waals surface area contributed by atoms with Crippen molar-refractivity contribution in [3.8, 4) is 11.8 Å². The van der Waals surface area contributed by atoms with Gasteiger partial charge in [-0.2, -0.15) is 0 Å². The molecule has 0 radical (unpaired) electrons. The highest BCUT2D eigenvalue weighted by Gasteiger charge is 1.91. The fourth-order valence-corrected chi connectivity index (χ4v) is 2.21. The second-order valence-corrected chi connectivity index (χ2v) is 5.57. The normalized spacial score (nSPS) is 10.6. The second kappa shape index (κ2) is 16.8. The van der Waals surface area contributed by atoms with Crippen LogP contribution in [-0.2, 0) is 0 Å². The van der Waals surface area contributed by atoms with Crippen LogP contribution in [0.15, 0.2) is 12.2 Å². The van der Waals surface area contributed by atoms with E-state index in [9.17, 15) is 0 Å². The summed E-state index contributed by atoms with van der Waals surface area (Å²) in [7, 11) is 0. The van der Waals surface area contributed by atoms with Crippen LogP contribution < -0.4 is 0 Å². The van der Waals surface area contributed by atoms with Crippen molar-refractivity contribution in [1.82, 2.24) is 0 Å². The monoisotopic (exact) mass is 312 g/mol. The molecule has 18 heavy (non-hydrogen) atoms. The molecule has 0 aromatic rings. The number of allylic oxidation sites excluding steroid dienone is 2. The molecule has 0 fully saturated rings. The van der Waals surface area contributed by atoms with E-state index in [1.165, 1.54) is 63.1 Å². The average molecular weight is 313 g/mol. The van der Waals surface area contributed by atoms with Gasteiger partial charge in [-0.1, -0.05) is 85.7 Å². The molecule has 0 aromatic carbocycles. The molecule has 0 nitrogen and oxygen atoms in total. The van der Waals surface area contributed by atoms with E-state index >= 15 is 0 Å². The Hall–Kier alpha value is -0.220. The highest BCUT2D eigenvalue weighted by molar-refractivity contribution is 9.09. The number of unbranched alkanes of at least 4 members (excludes halogenated alkanes) is 9.